The third-order valence-electron chi connectivity index (χ3n) is 12.8. The predicted molar refractivity (Wildman–Crippen MR) is 233 cm³/mol. The monoisotopic (exact) mass is 851 g/mol. The van der Waals surface area contributed by atoms with Crippen molar-refractivity contribution in [3.05, 3.63) is 108 Å². The molecule has 62 heavy (non-hydrogen) atoms. The van der Waals surface area contributed by atoms with E-state index in [2.05, 4.69) is 23.6 Å². The van der Waals surface area contributed by atoms with Crippen LogP contribution in [0.15, 0.2) is 96.2 Å². The molecule has 5 aliphatic rings. The second-order valence-electron chi connectivity index (χ2n) is 16.7. The maximum absolute atomic E-state index is 14.6. The van der Waals surface area contributed by atoms with Crippen molar-refractivity contribution in [3.8, 4) is 23.0 Å². The van der Waals surface area contributed by atoms with Crippen molar-refractivity contribution in [2.24, 2.45) is 22.9 Å². The van der Waals surface area contributed by atoms with E-state index < -0.39 is 23.8 Å². The smallest absolute Gasteiger partial charge is 0.410 e. The van der Waals surface area contributed by atoms with Crippen LogP contribution in [-0.4, -0.2) is 103 Å². The zero-order valence-corrected chi connectivity index (χ0v) is 35.8. The van der Waals surface area contributed by atoms with Crippen LogP contribution in [0, 0.1) is 17.8 Å². The Labute approximate surface area is 364 Å². The lowest BCUT2D eigenvalue weighted by molar-refractivity contribution is -0.256. The number of aliphatic hydroxyl groups excluding tert-OH is 2. The van der Waals surface area contributed by atoms with Crippen molar-refractivity contribution in [2.75, 3.05) is 59.5 Å². The first-order chi connectivity index (χ1) is 30.5. The van der Waals surface area contributed by atoms with Gasteiger partial charge in [0.1, 0.15) is 30.8 Å². The molecule has 332 valence electrons. The van der Waals surface area contributed by atoms with Gasteiger partial charge in [-0.2, -0.15) is 0 Å². The van der Waals surface area contributed by atoms with Crippen LogP contribution in [-0.2, 0) is 27.5 Å². The van der Waals surface area contributed by atoms with E-state index in [0.29, 0.717) is 42.4 Å². The molecule has 1 amide bonds. The molecule has 13 heteroatoms. The molecular formula is C49H61N3O10. The molecule has 0 bridgehead atoms. The molecule has 8 rings (SSSR count). The van der Waals surface area contributed by atoms with Crippen LogP contribution in [0.3, 0.4) is 0 Å². The molecule has 3 aromatic rings. The van der Waals surface area contributed by atoms with Crippen LogP contribution in [0.4, 0.5) is 4.79 Å². The lowest BCUT2D eigenvalue weighted by Gasteiger charge is -2.59. The van der Waals surface area contributed by atoms with Gasteiger partial charge in [-0.3, -0.25) is 9.80 Å². The number of oxime groups is 1. The van der Waals surface area contributed by atoms with Gasteiger partial charge < -0.3 is 43.5 Å². The van der Waals surface area contributed by atoms with E-state index in [1.54, 1.807) is 17.9 Å². The molecule has 3 aromatic carbocycles. The molecule has 0 spiro atoms. The summed E-state index contributed by atoms with van der Waals surface area (Å²) in [6.07, 6.45) is 8.46. The van der Waals surface area contributed by atoms with Crippen molar-refractivity contribution in [1.29, 1.82) is 0 Å². The molecule has 2 N–H and O–H groups in total. The normalized spacial score (nSPS) is 24.9. The third kappa shape index (κ3) is 9.61. The highest BCUT2D eigenvalue weighted by molar-refractivity contribution is 6.03. The molecule has 3 aliphatic heterocycles. The number of unbranched alkanes of at least 4 members (excludes halogenated alkanes) is 2. The van der Waals surface area contributed by atoms with Gasteiger partial charge >= 0.3 is 6.09 Å². The fourth-order valence-corrected chi connectivity index (χ4v) is 9.83. The average molecular weight is 852 g/mol. The van der Waals surface area contributed by atoms with Crippen LogP contribution in [0.2, 0.25) is 0 Å². The van der Waals surface area contributed by atoms with Crippen LogP contribution >= 0.6 is 0 Å². The zero-order valence-electron chi connectivity index (χ0n) is 35.8. The molecule has 1 saturated carbocycles. The summed E-state index contributed by atoms with van der Waals surface area (Å²) in [6.45, 7) is 10.5. The Kier molecular flexibility index (Phi) is 14.3. The topological polar surface area (TPSA) is 141 Å². The second kappa shape index (κ2) is 20.4. The minimum absolute atomic E-state index is 0.0753. The predicted octanol–water partition coefficient (Wildman–Crippen LogP) is 7.60. The maximum Gasteiger partial charge on any atom is 0.410 e. The van der Waals surface area contributed by atoms with Crippen LogP contribution in [0.5, 0.6) is 23.0 Å². The van der Waals surface area contributed by atoms with E-state index >= 15 is 0 Å². The highest BCUT2D eigenvalue weighted by Crippen LogP contribution is 2.62. The first-order valence-electron chi connectivity index (χ1n) is 22.4. The number of aliphatic hydroxyl groups is 2. The maximum atomic E-state index is 14.6. The molecule has 3 heterocycles. The Bertz CT molecular complexity index is 2060. The summed E-state index contributed by atoms with van der Waals surface area (Å²) in [5, 5.41) is 24.9. The zero-order chi connectivity index (χ0) is 42.9. The van der Waals surface area contributed by atoms with Crippen molar-refractivity contribution < 1.29 is 48.3 Å². The minimum atomic E-state index is -1.44. The van der Waals surface area contributed by atoms with Gasteiger partial charge in [0.15, 0.2) is 11.5 Å². The molecule has 2 fully saturated rings. The van der Waals surface area contributed by atoms with E-state index in [9.17, 15) is 15.0 Å². The Balaban J connectivity index is 1.30. The standard InChI is InChI=1S/C49H61N3O10/c1-3-25-60-49-45(52(48(55)56-4-2)31-35-16-18-43-44(27-35)59-33-58-43)30-41(50-61-32-34-12-6-5-7-13-34)39-28-36(14-8-10-23-53)38(15-9-11-24-54)46(47(39)49)40-29-37(17-19-42(40)62-49)57-26-22-51-20-21-51/h3,5-7,12-13,16-19,27-29,36,38,45-47,53-54H,1,4,8-11,14-15,20-26,30-33H2,2H3. The van der Waals surface area contributed by atoms with Crippen LogP contribution in [0.1, 0.15) is 74.5 Å². The Morgan fingerprint density at radius 3 is 2.53 bits per heavy atom. The number of hydrogen-bond donors (Lipinski definition) is 2. The van der Waals surface area contributed by atoms with Crippen molar-refractivity contribution in [3.63, 3.8) is 0 Å². The first kappa shape index (κ1) is 43.6. The summed E-state index contributed by atoms with van der Waals surface area (Å²) < 4.78 is 38.2. The summed E-state index contributed by atoms with van der Waals surface area (Å²) in [4.78, 5) is 24.9. The van der Waals surface area contributed by atoms with Gasteiger partial charge in [0.05, 0.1) is 24.8 Å². The van der Waals surface area contributed by atoms with E-state index in [0.717, 1.165) is 73.3 Å². The number of amides is 1. The quantitative estimate of drug-likeness (QED) is 0.0447. The van der Waals surface area contributed by atoms with Gasteiger partial charge in [0.2, 0.25) is 12.6 Å². The molecular weight excluding hydrogens is 791 g/mol. The molecule has 0 aromatic heterocycles. The summed E-state index contributed by atoms with van der Waals surface area (Å²) in [7, 11) is 0. The van der Waals surface area contributed by atoms with Gasteiger partial charge in [-0.25, -0.2) is 4.79 Å². The van der Waals surface area contributed by atoms with Gasteiger partial charge in [0.25, 0.3) is 0 Å². The Morgan fingerprint density at radius 2 is 1.76 bits per heavy atom. The van der Waals surface area contributed by atoms with Gasteiger partial charge in [-0.1, -0.05) is 66.5 Å². The molecule has 6 atom stereocenters. The molecule has 0 radical (unpaired) electrons. The summed E-state index contributed by atoms with van der Waals surface area (Å²) in [6, 6.07) is 20.9. The highest BCUT2D eigenvalue weighted by Gasteiger charge is 2.65. The van der Waals surface area contributed by atoms with E-state index in [1.165, 1.54) is 0 Å². The fraction of sp³-hybridized carbons (Fsp3) is 0.510. The fourth-order valence-electron chi connectivity index (χ4n) is 9.83. The van der Waals surface area contributed by atoms with Crippen LogP contribution < -0.4 is 18.9 Å². The largest absolute Gasteiger partial charge is 0.492 e. The van der Waals surface area contributed by atoms with Crippen molar-refractivity contribution in [2.45, 2.75) is 82.8 Å². The molecule has 1 saturated heterocycles. The SMILES string of the molecule is C=CCOC12Oc3ccc(OCCN4CC4)cc3C3C(CCCCO)C(CCCCO)C=C(C(=NOCc4ccccc4)CC1N(Cc1ccc4c(c1)OCO4)C(=O)OCC)C32. The van der Waals surface area contributed by atoms with Crippen LogP contribution in [0.25, 0.3) is 0 Å². The average Bonchev–Trinajstić information content (AvgIpc) is 4.00. The molecule has 2 aliphatic carbocycles. The third-order valence-corrected chi connectivity index (χ3v) is 12.8. The summed E-state index contributed by atoms with van der Waals surface area (Å²) >= 11 is 0. The number of allylic oxidation sites excluding steroid dienone is 1. The van der Waals surface area contributed by atoms with Gasteiger partial charge in [-0.05, 0) is 91.5 Å². The minimum Gasteiger partial charge on any atom is -0.492 e. The van der Waals surface area contributed by atoms with Gasteiger partial charge in [0, 0.05) is 57.3 Å². The van der Waals surface area contributed by atoms with E-state index in [-0.39, 0.29) is 70.5 Å². The highest BCUT2D eigenvalue weighted by atomic mass is 16.7. The van der Waals surface area contributed by atoms with Gasteiger partial charge in [-0.15, -0.1) is 6.58 Å². The number of carbonyl (C=O) groups is 1. The molecule has 13 nitrogen and oxygen atoms in total. The Morgan fingerprint density at radius 1 is 0.968 bits per heavy atom. The summed E-state index contributed by atoms with van der Waals surface area (Å²) in [5.74, 6) is 0.750. The second-order valence-corrected chi connectivity index (χ2v) is 16.7. The number of carbonyl (C=O) groups excluding carboxylic acids is 1. The lowest BCUT2D eigenvalue weighted by atomic mass is 9.55. The number of rotatable bonds is 22. The van der Waals surface area contributed by atoms with E-state index in [4.69, 9.17) is 38.4 Å². The first-order valence-corrected chi connectivity index (χ1v) is 22.4. The number of nitrogens with zero attached hydrogens (tertiary/aromatic N) is 3. The number of ether oxygens (including phenoxy) is 6. The number of hydrogen-bond acceptors (Lipinski definition) is 12. The number of benzene rings is 3. The molecule has 6 unspecified atom stereocenters. The number of fused-ring (bicyclic) bond motifs is 3. The van der Waals surface area contributed by atoms with Crippen molar-refractivity contribution in [1.82, 2.24) is 9.80 Å². The lowest BCUT2D eigenvalue weighted by Crippen LogP contribution is -2.70. The Hall–Kier alpha value is -5.08. The van der Waals surface area contributed by atoms with Crippen molar-refractivity contribution >= 4 is 11.8 Å². The van der Waals surface area contributed by atoms with E-state index in [1.807, 2.05) is 60.7 Å². The summed E-state index contributed by atoms with van der Waals surface area (Å²) in [5.41, 5.74) is 4.46.